The Balaban J connectivity index is 0.000000190. The third-order valence-corrected chi connectivity index (χ3v) is 9.25. The molecule has 0 aliphatic carbocycles. The molecule has 0 radical (unpaired) electrons. The Labute approximate surface area is 362 Å². The quantitative estimate of drug-likeness (QED) is 0.0500. The van der Waals surface area contributed by atoms with Gasteiger partial charge in [0.15, 0.2) is 0 Å². The smallest absolute Gasteiger partial charge is 0.269 e. The zero-order valence-corrected chi connectivity index (χ0v) is 36.1. The predicted octanol–water partition coefficient (Wildman–Crippen LogP) is 9.67. The maximum absolute atomic E-state index is 11.8. The molecule has 0 saturated carbocycles. The second-order valence-corrected chi connectivity index (χ2v) is 14.1. The van der Waals surface area contributed by atoms with Crippen molar-refractivity contribution in [3.8, 4) is 23.0 Å². The minimum atomic E-state index is -0.265. The number of anilines is 4. The summed E-state index contributed by atoms with van der Waals surface area (Å²) in [7, 11) is 6.86. The van der Waals surface area contributed by atoms with Crippen molar-refractivity contribution in [3.05, 3.63) is 142 Å². The minimum absolute atomic E-state index is 0.263. The predicted molar refractivity (Wildman–Crippen MR) is 243 cm³/mol. The van der Waals surface area contributed by atoms with E-state index < -0.39 is 0 Å². The highest BCUT2D eigenvalue weighted by Crippen LogP contribution is 2.30. The van der Waals surface area contributed by atoms with Gasteiger partial charge in [0.25, 0.3) is 11.8 Å². The number of halogens is 2. The molecule has 0 aliphatic heterocycles. The number of benzene rings is 4. The molecule has 300 valence electrons. The molecular weight excluding hydrogens is 900 g/mol. The second kappa shape index (κ2) is 21.2. The summed E-state index contributed by atoms with van der Waals surface area (Å²) >= 11 is 11.2. The van der Waals surface area contributed by atoms with Gasteiger partial charge in [0, 0.05) is 79.5 Å². The van der Waals surface area contributed by atoms with Crippen molar-refractivity contribution in [2.24, 2.45) is 12.0 Å². The summed E-state index contributed by atoms with van der Waals surface area (Å²) in [4.78, 5) is 39.7. The molecule has 59 heavy (non-hydrogen) atoms. The molecule has 4 aromatic carbocycles. The van der Waals surface area contributed by atoms with Crippen LogP contribution in [0.5, 0.6) is 23.0 Å². The molecule has 2 amide bonds. The van der Waals surface area contributed by atoms with E-state index in [4.69, 9.17) is 15.2 Å². The van der Waals surface area contributed by atoms with Crippen LogP contribution in [0.4, 0.5) is 28.7 Å². The molecule has 6 N–H and O–H groups in total. The lowest BCUT2D eigenvalue weighted by Crippen LogP contribution is -2.18. The van der Waals surface area contributed by atoms with Crippen molar-refractivity contribution in [2.45, 2.75) is 0 Å². The molecule has 17 heteroatoms. The van der Waals surface area contributed by atoms with Gasteiger partial charge in [0.1, 0.15) is 34.4 Å². The van der Waals surface area contributed by atoms with E-state index in [1.165, 1.54) is 6.20 Å². The Hall–Kier alpha value is -6.65. The highest BCUT2D eigenvalue weighted by atomic mass is 79.9. The van der Waals surface area contributed by atoms with Gasteiger partial charge < -0.3 is 41.0 Å². The highest BCUT2D eigenvalue weighted by Gasteiger charge is 2.12. The number of ether oxygens (including phenoxy) is 2. The van der Waals surface area contributed by atoms with E-state index in [0.29, 0.717) is 40.1 Å². The van der Waals surface area contributed by atoms with E-state index in [1.54, 1.807) is 63.7 Å². The molecule has 0 bridgehead atoms. The summed E-state index contributed by atoms with van der Waals surface area (Å²) in [5, 5.41) is 13.7. The molecule has 0 aliphatic rings. The molecule has 0 saturated heterocycles. The lowest BCUT2D eigenvalue weighted by molar-refractivity contribution is 0.0950. The van der Waals surface area contributed by atoms with Gasteiger partial charge in [-0.15, -0.1) is 0 Å². The van der Waals surface area contributed by atoms with Crippen LogP contribution in [-0.4, -0.2) is 57.6 Å². The fraction of sp³-hybridized carbons (Fsp3) is 0.0952. The summed E-state index contributed by atoms with van der Waals surface area (Å²) in [6, 6.07) is 33.0. The first-order valence-electron chi connectivity index (χ1n) is 17.6. The number of aliphatic imine (C=N–C) groups is 1. The fourth-order valence-electron chi connectivity index (χ4n) is 5.14. The molecule has 3 heterocycles. The maximum Gasteiger partial charge on any atom is 0.269 e. The first kappa shape index (κ1) is 43.5. The zero-order valence-electron chi connectivity index (χ0n) is 32.2. The number of fused-ring (bicyclic) bond motifs is 1. The number of nitrogens with two attached hydrogens (primary N) is 1. The standard InChI is InChI=1S/C21H18BrN5O2.C14H16N4O2.C7H4BrNS/c1-23-20(28)18-12-16(9-10-24-18)29-15-7-8-19-17(11-15)26-21(27(19)2)25-14-5-3-13(22)4-6-14;1-16-12-4-3-9(7-11(12)15)20-10-5-6-18-13(8-10)14(19)17-2;8-6-1-3-7(4-2-6)9-5-10/h3-12H,1-2H3,(H,23,28)(H,25,26);3-8,16H,15H2,1-2H3,(H,17,19);1-4H. The number of isothiocyanates is 1. The number of amides is 2. The van der Waals surface area contributed by atoms with Gasteiger partial charge in [0.2, 0.25) is 5.95 Å². The topological polar surface area (TPSA) is 183 Å². The Kier molecular flexibility index (Phi) is 15.6. The lowest BCUT2D eigenvalue weighted by atomic mass is 10.2. The van der Waals surface area contributed by atoms with Crippen LogP contribution in [0.1, 0.15) is 21.0 Å². The van der Waals surface area contributed by atoms with Gasteiger partial charge in [-0.1, -0.05) is 31.9 Å². The number of pyridine rings is 2. The van der Waals surface area contributed by atoms with Crippen LogP contribution in [0.3, 0.4) is 0 Å². The number of aromatic nitrogens is 4. The molecule has 0 atom stereocenters. The first-order chi connectivity index (χ1) is 28.5. The first-order valence-corrected chi connectivity index (χ1v) is 19.6. The van der Waals surface area contributed by atoms with Crippen LogP contribution >= 0.6 is 44.1 Å². The average Bonchev–Trinajstić information content (AvgIpc) is 3.55. The molecule has 0 spiro atoms. The number of thiocarbonyl (C=S) groups is 1. The highest BCUT2D eigenvalue weighted by molar-refractivity contribution is 9.10. The number of nitrogens with one attached hydrogen (secondary N) is 4. The normalized spacial score (nSPS) is 10.1. The summed E-state index contributed by atoms with van der Waals surface area (Å²) in [5.74, 6) is 2.47. The van der Waals surface area contributed by atoms with Gasteiger partial charge in [-0.3, -0.25) is 19.6 Å². The largest absolute Gasteiger partial charge is 0.457 e. The van der Waals surface area contributed by atoms with Crippen LogP contribution in [0.25, 0.3) is 11.0 Å². The molecule has 3 aromatic heterocycles. The number of carbonyl (C=O) groups is 2. The Morgan fingerprint density at radius 1 is 0.729 bits per heavy atom. The van der Waals surface area contributed by atoms with E-state index in [0.717, 1.165) is 43.0 Å². The minimum Gasteiger partial charge on any atom is -0.457 e. The number of carbonyl (C=O) groups excluding carboxylic acids is 2. The fourth-order valence-corrected chi connectivity index (χ4v) is 5.78. The number of hydrogen-bond acceptors (Lipinski definition) is 12. The van der Waals surface area contributed by atoms with Crippen LogP contribution in [0.15, 0.2) is 136 Å². The van der Waals surface area contributed by atoms with Crippen LogP contribution in [0.2, 0.25) is 0 Å². The molecular formula is C42H38Br2N10O4S. The molecule has 0 fully saturated rings. The summed E-state index contributed by atoms with van der Waals surface area (Å²) in [6.07, 6.45) is 3.06. The van der Waals surface area contributed by atoms with Gasteiger partial charge in [-0.25, -0.2) is 4.98 Å². The maximum atomic E-state index is 11.8. The van der Waals surface area contributed by atoms with Gasteiger partial charge in [-0.05, 0) is 97.1 Å². The van der Waals surface area contributed by atoms with Crippen molar-refractivity contribution in [3.63, 3.8) is 0 Å². The van der Waals surface area contributed by atoms with E-state index in [-0.39, 0.29) is 11.8 Å². The van der Waals surface area contributed by atoms with Crippen molar-refractivity contribution in [1.29, 1.82) is 0 Å². The van der Waals surface area contributed by atoms with E-state index in [9.17, 15) is 9.59 Å². The average molecular weight is 939 g/mol. The number of imidazole rings is 1. The number of hydrogen-bond donors (Lipinski definition) is 5. The van der Waals surface area contributed by atoms with E-state index >= 15 is 0 Å². The number of nitrogens with zero attached hydrogens (tertiary/aromatic N) is 5. The molecule has 14 nitrogen and oxygen atoms in total. The lowest BCUT2D eigenvalue weighted by Gasteiger charge is -2.10. The summed E-state index contributed by atoms with van der Waals surface area (Å²) in [5.41, 5.74) is 11.4. The van der Waals surface area contributed by atoms with Gasteiger partial charge in [0.05, 0.1) is 33.3 Å². The molecule has 7 rings (SSSR count). The third kappa shape index (κ3) is 12.4. The zero-order chi connectivity index (χ0) is 42.3. The number of rotatable bonds is 10. The summed E-state index contributed by atoms with van der Waals surface area (Å²) < 4.78 is 15.6. The Morgan fingerprint density at radius 3 is 1.78 bits per heavy atom. The van der Waals surface area contributed by atoms with Crippen LogP contribution in [-0.2, 0) is 7.05 Å². The SMILES string of the molecule is CNC(=O)c1cc(Oc2ccc(NC)c(N)c2)ccn1.CNC(=O)c1cc(Oc2ccc3c(c2)nc(Nc2ccc(Br)cc2)n3C)ccn1.S=C=Nc1ccc(Br)cc1. The molecule has 0 unspecified atom stereocenters. The van der Waals surface area contributed by atoms with E-state index in [1.807, 2.05) is 84.4 Å². The second-order valence-electron chi connectivity index (χ2n) is 12.1. The van der Waals surface area contributed by atoms with Gasteiger partial charge >= 0.3 is 0 Å². The third-order valence-electron chi connectivity index (χ3n) is 8.10. The van der Waals surface area contributed by atoms with Crippen LogP contribution in [0, 0.1) is 0 Å². The van der Waals surface area contributed by atoms with Crippen LogP contribution < -0.4 is 36.5 Å². The molecule has 7 aromatic rings. The van der Waals surface area contributed by atoms with Gasteiger partial charge in [-0.2, -0.15) is 4.99 Å². The summed E-state index contributed by atoms with van der Waals surface area (Å²) in [6.45, 7) is 0. The number of aryl methyl sites for hydroxylation is 1. The Bertz CT molecular complexity index is 2600. The number of nitrogen functional groups attached to an aromatic ring is 1. The van der Waals surface area contributed by atoms with E-state index in [2.05, 4.69) is 90.5 Å². The van der Waals surface area contributed by atoms with Crippen molar-refractivity contribution in [2.75, 3.05) is 37.5 Å². The monoisotopic (exact) mass is 936 g/mol. The van der Waals surface area contributed by atoms with Crippen molar-refractivity contribution >= 4 is 101 Å². The Morgan fingerprint density at radius 2 is 1.25 bits per heavy atom. The van der Waals surface area contributed by atoms with Crippen molar-refractivity contribution < 1.29 is 19.1 Å². The van der Waals surface area contributed by atoms with Crippen molar-refractivity contribution in [1.82, 2.24) is 30.2 Å².